The molecule has 0 aromatic heterocycles. The molecule has 0 fully saturated rings. The molecule has 0 saturated carbocycles. The zero-order chi connectivity index (χ0) is 3.58. The van der Waals surface area contributed by atoms with Crippen LogP contribution < -0.4 is 0 Å². The maximum absolute atomic E-state index is 7.17. The standard InChI is InChI=1S/BH3O3.Sr.Zr.2H/c2-1(3)4;;;;/h2-4H;;;;. The summed E-state index contributed by atoms with van der Waals surface area (Å²) < 4.78 is 0. The van der Waals surface area contributed by atoms with Gasteiger partial charge in [-0.2, -0.15) is 0 Å². The zero-order valence-electron chi connectivity index (χ0n) is 2.42. The van der Waals surface area contributed by atoms with E-state index in [1.54, 1.807) is 0 Å². The monoisotopic (exact) mass is 242 g/mol. The third-order valence-electron chi connectivity index (χ3n) is 0. The molecule has 32 valence electrons. The van der Waals surface area contributed by atoms with Crippen molar-refractivity contribution in [3.8, 4) is 0 Å². The molecule has 0 aromatic rings. The number of rotatable bonds is 0. The molecule has 0 aliphatic carbocycles. The van der Waals surface area contributed by atoms with Crippen molar-refractivity contribution in [3.05, 3.63) is 0 Å². The van der Waals surface area contributed by atoms with Crippen molar-refractivity contribution >= 4 is 52.8 Å². The molecular weight excluding hydrogens is 238 g/mol. The van der Waals surface area contributed by atoms with Crippen molar-refractivity contribution in [2.24, 2.45) is 0 Å². The van der Waals surface area contributed by atoms with E-state index in [4.69, 9.17) is 15.1 Å². The Morgan fingerprint density at radius 1 is 1.00 bits per heavy atom. The van der Waals surface area contributed by atoms with Gasteiger partial charge in [-0.1, -0.05) is 0 Å². The minimum atomic E-state index is -2.17. The Balaban J connectivity index is -0.0000000450. The van der Waals surface area contributed by atoms with Crippen molar-refractivity contribution in [2.45, 2.75) is 0 Å². The second-order valence-electron chi connectivity index (χ2n) is 0.346. The minimum Gasteiger partial charge on any atom is 0 e. The second kappa shape index (κ2) is 10.3. The summed E-state index contributed by atoms with van der Waals surface area (Å²) >= 11 is 0. The molecule has 0 aliphatic heterocycles. The van der Waals surface area contributed by atoms with Gasteiger partial charge in [-0.25, -0.2) is 0 Å². The van der Waals surface area contributed by atoms with Gasteiger partial charge in [-0.05, 0) is 0 Å². The summed E-state index contributed by atoms with van der Waals surface area (Å²) in [6.07, 6.45) is 0. The first-order valence-corrected chi connectivity index (χ1v) is 0.775. The Kier molecular flexibility index (Phi) is 27.1. The van der Waals surface area contributed by atoms with Crippen LogP contribution in [-0.4, -0.2) is 67.9 Å². The molecule has 0 bridgehead atoms. The van der Waals surface area contributed by atoms with Gasteiger partial charge in [0.05, 0.1) is 0 Å². The fraction of sp³-hybridized carbons (Fsp3) is 0. The Morgan fingerprint density at radius 2 is 1.00 bits per heavy atom. The molecule has 3 nitrogen and oxygen atoms in total. The first kappa shape index (κ1) is 15.7. The first-order valence-electron chi connectivity index (χ1n) is 0.775. The predicted octanol–water partition coefficient (Wildman–Crippen LogP) is -2.97. The fourth-order valence-corrected chi connectivity index (χ4v) is 0. The van der Waals surface area contributed by atoms with Gasteiger partial charge in [-0.15, -0.1) is 0 Å². The van der Waals surface area contributed by atoms with Crippen molar-refractivity contribution in [1.82, 2.24) is 0 Å². The topological polar surface area (TPSA) is 60.7 Å². The molecule has 0 saturated heterocycles. The molecule has 0 radical (unpaired) electrons. The molecule has 6 heteroatoms. The van der Waals surface area contributed by atoms with Crippen LogP contribution in [0, 0.1) is 0 Å². The van der Waals surface area contributed by atoms with Crippen LogP contribution in [-0.2, 0) is 26.2 Å². The normalized spacial score (nSPS) is 4.50. The van der Waals surface area contributed by atoms with Crippen LogP contribution in [0.1, 0.15) is 0 Å². The van der Waals surface area contributed by atoms with Gasteiger partial charge in [0, 0.05) is 26.2 Å². The van der Waals surface area contributed by atoms with Gasteiger partial charge >= 0.3 is 52.8 Å². The van der Waals surface area contributed by atoms with E-state index in [0.29, 0.717) is 0 Å². The Hall–Kier alpha value is 2.31. The Bertz CT molecular complexity index is 15.5. The Labute approximate surface area is 92.3 Å². The molecule has 6 heavy (non-hydrogen) atoms. The average Bonchev–Trinajstić information content (AvgIpc) is 0.811. The minimum absolute atomic E-state index is 0. The van der Waals surface area contributed by atoms with E-state index in [0.717, 1.165) is 0 Å². The van der Waals surface area contributed by atoms with Gasteiger partial charge in [0.15, 0.2) is 0 Å². The molecule has 0 aliphatic rings. The van der Waals surface area contributed by atoms with Gasteiger partial charge in [0.2, 0.25) is 0 Å². The van der Waals surface area contributed by atoms with Crippen molar-refractivity contribution in [3.63, 3.8) is 0 Å². The summed E-state index contributed by atoms with van der Waals surface area (Å²) in [6, 6.07) is 0. The molecule has 0 atom stereocenters. The van der Waals surface area contributed by atoms with E-state index in [1.807, 2.05) is 0 Å². The van der Waals surface area contributed by atoms with E-state index in [-0.39, 0.29) is 71.7 Å². The average molecular weight is 243 g/mol. The first-order chi connectivity index (χ1) is 1.73. The third kappa shape index (κ3) is 33.4. The van der Waals surface area contributed by atoms with E-state index in [1.165, 1.54) is 0 Å². The molecule has 0 rings (SSSR count). The van der Waals surface area contributed by atoms with Crippen molar-refractivity contribution < 1.29 is 41.3 Å². The van der Waals surface area contributed by atoms with E-state index < -0.39 is 7.32 Å². The van der Waals surface area contributed by atoms with Crippen LogP contribution in [0.25, 0.3) is 0 Å². The van der Waals surface area contributed by atoms with Crippen LogP contribution in [0.2, 0.25) is 0 Å². The van der Waals surface area contributed by atoms with Crippen LogP contribution in [0.4, 0.5) is 0 Å². The molecule has 0 heterocycles. The van der Waals surface area contributed by atoms with Gasteiger partial charge < -0.3 is 15.1 Å². The van der Waals surface area contributed by atoms with E-state index in [9.17, 15) is 0 Å². The summed E-state index contributed by atoms with van der Waals surface area (Å²) in [4.78, 5) is 0. The summed E-state index contributed by atoms with van der Waals surface area (Å²) in [5, 5.41) is 21.5. The summed E-state index contributed by atoms with van der Waals surface area (Å²) in [7, 11) is -2.17. The van der Waals surface area contributed by atoms with Gasteiger partial charge in [-0.3, -0.25) is 0 Å². The SMILES string of the molecule is OB(O)O.[SrH2].[Zr]. The predicted molar refractivity (Wildman–Crippen MR) is 21.0 cm³/mol. The second-order valence-corrected chi connectivity index (χ2v) is 0.346. The summed E-state index contributed by atoms with van der Waals surface area (Å²) in [5.41, 5.74) is 0. The maximum Gasteiger partial charge on any atom is 0 e. The van der Waals surface area contributed by atoms with Crippen LogP contribution >= 0.6 is 0 Å². The zero-order valence-corrected chi connectivity index (χ0v) is 4.88. The summed E-state index contributed by atoms with van der Waals surface area (Å²) in [6.45, 7) is 0. The number of hydrogen-bond donors (Lipinski definition) is 3. The van der Waals surface area contributed by atoms with Crippen molar-refractivity contribution in [2.75, 3.05) is 0 Å². The largest absolute Gasteiger partial charge is 0 e. The molecule has 0 unspecified atom stereocenters. The smallest absolute Gasteiger partial charge is 0 e. The van der Waals surface area contributed by atoms with Gasteiger partial charge in [0.25, 0.3) is 0 Å². The molecule has 0 spiro atoms. The fourth-order valence-electron chi connectivity index (χ4n) is 0. The third-order valence-corrected chi connectivity index (χ3v) is 0. The van der Waals surface area contributed by atoms with E-state index >= 15 is 0 Å². The molecular formula is H5BO3SrZr. The van der Waals surface area contributed by atoms with Crippen LogP contribution in [0.3, 0.4) is 0 Å². The summed E-state index contributed by atoms with van der Waals surface area (Å²) in [5.74, 6) is 0. The maximum atomic E-state index is 7.17. The Morgan fingerprint density at radius 3 is 1.00 bits per heavy atom. The van der Waals surface area contributed by atoms with Crippen molar-refractivity contribution in [1.29, 1.82) is 0 Å². The molecule has 3 N–H and O–H groups in total. The van der Waals surface area contributed by atoms with Crippen LogP contribution in [0.15, 0.2) is 0 Å². The molecule has 0 aromatic carbocycles. The quantitative estimate of drug-likeness (QED) is 0.398. The van der Waals surface area contributed by atoms with Gasteiger partial charge in [0.1, 0.15) is 0 Å². The van der Waals surface area contributed by atoms with E-state index in [2.05, 4.69) is 0 Å². The number of hydrogen-bond acceptors (Lipinski definition) is 3. The molecule has 0 amide bonds. The van der Waals surface area contributed by atoms with Crippen LogP contribution in [0.5, 0.6) is 0 Å².